The van der Waals surface area contributed by atoms with Crippen LogP contribution in [0.3, 0.4) is 0 Å². The van der Waals surface area contributed by atoms with Gasteiger partial charge in [0.05, 0.1) is 5.02 Å². The predicted molar refractivity (Wildman–Crippen MR) is 96.4 cm³/mol. The highest BCUT2D eigenvalue weighted by Crippen LogP contribution is 2.28. The van der Waals surface area contributed by atoms with Gasteiger partial charge in [-0.1, -0.05) is 60.1 Å². The summed E-state index contributed by atoms with van der Waals surface area (Å²) in [5.74, 6) is -0.431. The number of fused-ring (bicyclic) bond motifs is 1. The molecule has 0 aliphatic heterocycles. The zero-order chi connectivity index (χ0) is 16.9. The van der Waals surface area contributed by atoms with Crippen LogP contribution in [-0.2, 0) is 11.4 Å². The first-order valence-electron chi connectivity index (χ1n) is 7.43. The van der Waals surface area contributed by atoms with Crippen molar-refractivity contribution in [2.45, 2.75) is 6.61 Å². The number of carbonyl (C=O) groups is 1. The van der Waals surface area contributed by atoms with E-state index in [2.05, 4.69) is 18.2 Å². The van der Waals surface area contributed by atoms with Gasteiger partial charge in [-0.05, 0) is 40.1 Å². The minimum Gasteiger partial charge on any atom is -0.487 e. The van der Waals surface area contributed by atoms with E-state index in [4.69, 9.17) is 21.4 Å². The largest absolute Gasteiger partial charge is 0.487 e. The number of ether oxygens (including phenoxy) is 1. The fraction of sp³-hybridized carbons (Fsp3) is 0.0500. The molecule has 0 atom stereocenters. The van der Waals surface area contributed by atoms with Crippen molar-refractivity contribution in [3.63, 3.8) is 0 Å². The summed E-state index contributed by atoms with van der Waals surface area (Å²) in [5, 5.41) is 11.4. The van der Waals surface area contributed by atoms with Crippen LogP contribution < -0.4 is 4.74 Å². The fourth-order valence-electron chi connectivity index (χ4n) is 2.48. The van der Waals surface area contributed by atoms with Crippen LogP contribution in [0.25, 0.3) is 16.8 Å². The summed E-state index contributed by atoms with van der Waals surface area (Å²) >= 11 is 6.22. The molecule has 0 unspecified atom stereocenters. The van der Waals surface area contributed by atoms with E-state index in [1.807, 2.05) is 24.3 Å². The second-order valence-electron chi connectivity index (χ2n) is 5.29. The molecule has 3 rings (SSSR count). The second kappa shape index (κ2) is 7.20. The second-order valence-corrected chi connectivity index (χ2v) is 5.70. The SMILES string of the molecule is O=C(O)C=Cc1ccc(OCc2cccc3ccccc23)c(Cl)c1. The lowest BCUT2D eigenvalue weighted by Gasteiger charge is -2.11. The first-order chi connectivity index (χ1) is 11.6. The Morgan fingerprint density at radius 3 is 2.67 bits per heavy atom. The maximum absolute atomic E-state index is 10.5. The van der Waals surface area contributed by atoms with Crippen LogP contribution in [0.15, 0.2) is 66.7 Å². The first-order valence-corrected chi connectivity index (χ1v) is 7.81. The Balaban J connectivity index is 1.78. The van der Waals surface area contributed by atoms with E-state index in [0.717, 1.165) is 17.0 Å². The maximum atomic E-state index is 10.5. The van der Waals surface area contributed by atoms with Gasteiger partial charge in [0.2, 0.25) is 0 Å². The van der Waals surface area contributed by atoms with Crippen molar-refractivity contribution in [2.75, 3.05) is 0 Å². The molecule has 0 aliphatic rings. The molecule has 0 spiro atoms. The van der Waals surface area contributed by atoms with E-state index in [1.165, 1.54) is 11.5 Å². The maximum Gasteiger partial charge on any atom is 0.328 e. The van der Waals surface area contributed by atoms with E-state index in [9.17, 15) is 4.79 Å². The minimum absolute atomic E-state index is 0.408. The smallest absolute Gasteiger partial charge is 0.328 e. The van der Waals surface area contributed by atoms with Crippen molar-refractivity contribution < 1.29 is 14.6 Å². The highest BCUT2D eigenvalue weighted by atomic mass is 35.5. The normalized spacial score (nSPS) is 11.0. The van der Waals surface area contributed by atoms with Crippen LogP contribution in [0.4, 0.5) is 0 Å². The molecule has 24 heavy (non-hydrogen) atoms. The number of benzene rings is 3. The molecule has 0 radical (unpaired) electrons. The number of carboxylic acid groups (broad SMARTS) is 1. The number of halogens is 1. The topological polar surface area (TPSA) is 46.5 Å². The molecule has 3 nitrogen and oxygen atoms in total. The van der Waals surface area contributed by atoms with Crippen LogP contribution in [-0.4, -0.2) is 11.1 Å². The first kappa shape index (κ1) is 16.1. The monoisotopic (exact) mass is 338 g/mol. The lowest BCUT2D eigenvalue weighted by molar-refractivity contribution is -0.131. The molecular formula is C20H15ClO3. The van der Waals surface area contributed by atoms with Crippen molar-refractivity contribution in [3.8, 4) is 5.75 Å². The van der Waals surface area contributed by atoms with Gasteiger partial charge in [0.25, 0.3) is 0 Å². The van der Waals surface area contributed by atoms with E-state index in [-0.39, 0.29) is 0 Å². The Kier molecular flexibility index (Phi) is 4.82. The molecule has 0 saturated heterocycles. The summed E-state index contributed by atoms with van der Waals surface area (Å²) in [6.45, 7) is 0.408. The van der Waals surface area contributed by atoms with Gasteiger partial charge in [0.15, 0.2) is 0 Å². The molecule has 0 bridgehead atoms. The van der Waals surface area contributed by atoms with Crippen molar-refractivity contribution >= 4 is 34.4 Å². The zero-order valence-corrected chi connectivity index (χ0v) is 13.5. The standard InChI is InChI=1S/C20H15ClO3/c21-18-12-14(9-11-20(22)23)8-10-19(18)24-13-16-6-3-5-15-4-1-2-7-17(15)16/h1-12H,13H2,(H,22,23). The number of rotatable bonds is 5. The molecule has 0 aliphatic carbocycles. The van der Waals surface area contributed by atoms with E-state index < -0.39 is 5.97 Å². The minimum atomic E-state index is -0.998. The van der Waals surface area contributed by atoms with Gasteiger partial charge < -0.3 is 9.84 Å². The predicted octanol–water partition coefficient (Wildman–Crippen LogP) is 5.17. The Morgan fingerprint density at radius 2 is 1.88 bits per heavy atom. The average molecular weight is 339 g/mol. The summed E-state index contributed by atoms with van der Waals surface area (Å²) in [5.41, 5.74) is 1.79. The molecule has 3 aromatic carbocycles. The molecular weight excluding hydrogens is 324 g/mol. The Morgan fingerprint density at radius 1 is 1.08 bits per heavy atom. The molecule has 4 heteroatoms. The van der Waals surface area contributed by atoms with Crippen LogP contribution >= 0.6 is 11.6 Å². The number of hydrogen-bond acceptors (Lipinski definition) is 2. The lowest BCUT2D eigenvalue weighted by Crippen LogP contribution is -1.97. The Hall–Kier alpha value is -2.78. The number of aliphatic carboxylic acids is 1. The molecule has 0 fully saturated rings. The fourth-order valence-corrected chi connectivity index (χ4v) is 2.72. The number of carboxylic acids is 1. The van der Waals surface area contributed by atoms with Crippen molar-refractivity contribution in [1.82, 2.24) is 0 Å². The van der Waals surface area contributed by atoms with Gasteiger partial charge in [-0.2, -0.15) is 0 Å². The van der Waals surface area contributed by atoms with Gasteiger partial charge in [0.1, 0.15) is 12.4 Å². The molecule has 0 aromatic heterocycles. The summed E-state index contributed by atoms with van der Waals surface area (Å²) < 4.78 is 5.84. The quantitative estimate of drug-likeness (QED) is 0.653. The van der Waals surface area contributed by atoms with E-state index in [1.54, 1.807) is 18.2 Å². The van der Waals surface area contributed by atoms with Gasteiger partial charge >= 0.3 is 5.97 Å². The van der Waals surface area contributed by atoms with Crippen molar-refractivity contribution in [1.29, 1.82) is 0 Å². The molecule has 0 heterocycles. The zero-order valence-electron chi connectivity index (χ0n) is 12.8. The van der Waals surface area contributed by atoms with Crippen molar-refractivity contribution in [3.05, 3.63) is 82.9 Å². The Bertz CT molecular complexity index is 910. The molecule has 3 aromatic rings. The van der Waals surface area contributed by atoms with Crippen molar-refractivity contribution in [2.24, 2.45) is 0 Å². The summed E-state index contributed by atoms with van der Waals surface area (Å²) in [6, 6.07) is 19.4. The van der Waals surface area contributed by atoms with Crippen LogP contribution in [0, 0.1) is 0 Å². The van der Waals surface area contributed by atoms with Gasteiger partial charge in [-0.3, -0.25) is 0 Å². The van der Waals surface area contributed by atoms with Crippen LogP contribution in [0.5, 0.6) is 5.75 Å². The third-order valence-corrected chi connectivity index (χ3v) is 3.93. The van der Waals surface area contributed by atoms with Gasteiger partial charge in [0, 0.05) is 6.08 Å². The summed E-state index contributed by atoms with van der Waals surface area (Å²) in [6.07, 6.45) is 2.56. The van der Waals surface area contributed by atoms with E-state index >= 15 is 0 Å². The van der Waals surface area contributed by atoms with Gasteiger partial charge in [-0.15, -0.1) is 0 Å². The Labute approximate surface area is 144 Å². The van der Waals surface area contributed by atoms with Crippen LogP contribution in [0.2, 0.25) is 5.02 Å². The molecule has 0 amide bonds. The lowest BCUT2D eigenvalue weighted by atomic mass is 10.1. The van der Waals surface area contributed by atoms with Gasteiger partial charge in [-0.25, -0.2) is 4.79 Å². The summed E-state index contributed by atoms with van der Waals surface area (Å²) in [7, 11) is 0. The third kappa shape index (κ3) is 3.76. The van der Waals surface area contributed by atoms with Crippen LogP contribution in [0.1, 0.15) is 11.1 Å². The highest BCUT2D eigenvalue weighted by Gasteiger charge is 2.05. The average Bonchev–Trinajstić information content (AvgIpc) is 2.59. The molecule has 120 valence electrons. The third-order valence-electron chi connectivity index (χ3n) is 3.64. The number of hydrogen-bond donors (Lipinski definition) is 1. The highest BCUT2D eigenvalue weighted by molar-refractivity contribution is 6.32. The van der Waals surface area contributed by atoms with E-state index in [0.29, 0.717) is 22.9 Å². The molecule has 1 N–H and O–H groups in total. The summed E-state index contributed by atoms with van der Waals surface area (Å²) in [4.78, 5) is 10.5. The molecule has 0 saturated carbocycles.